The van der Waals surface area contributed by atoms with Gasteiger partial charge >= 0.3 is 0 Å². The van der Waals surface area contributed by atoms with Crippen molar-refractivity contribution in [2.24, 2.45) is 11.8 Å². The molecule has 0 amide bonds. The summed E-state index contributed by atoms with van der Waals surface area (Å²) in [4.78, 5) is 25.6. The van der Waals surface area contributed by atoms with Crippen molar-refractivity contribution in [3.8, 4) is 11.3 Å². The molecule has 1 saturated carbocycles. The van der Waals surface area contributed by atoms with Crippen LogP contribution in [-0.4, -0.2) is 32.4 Å². The van der Waals surface area contributed by atoms with Gasteiger partial charge in [0.2, 0.25) is 0 Å². The molecule has 1 N–H and O–H groups in total. The fraction of sp³-hybridized carbons (Fsp3) is 0.429. The van der Waals surface area contributed by atoms with Crippen molar-refractivity contribution in [1.82, 2.24) is 15.0 Å². The minimum Gasteiger partial charge on any atom is -0.441 e. The third kappa shape index (κ3) is 3.90. The number of carbonyl (C=O) groups is 1. The van der Waals surface area contributed by atoms with Crippen LogP contribution < -0.4 is 0 Å². The highest BCUT2D eigenvalue weighted by Crippen LogP contribution is 2.30. The minimum atomic E-state index is 0.0897. The summed E-state index contributed by atoms with van der Waals surface area (Å²) in [5.41, 5.74) is 2.41. The van der Waals surface area contributed by atoms with Crippen LogP contribution in [0.2, 0.25) is 0 Å². The second-order valence-corrected chi connectivity index (χ2v) is 7.38. The Labute approximate surface area is 157 Å². The molecule has 1 aliphatic carbocycles. The number of fused-ring (bicyclic) bond motifs is 1. The van der Waals surface area contributed by atoms with E-state index in [2.05, 4.69) is 15.0 Å². The number of nitrogens with zero attached hydrogens (tertiary/aromatic N) is 3. The smallest absolute Gasteiger partial charge is 0.191 e. The fourth-order valence-corrected chi connectivity index (χ4v) is 3.79. The molecule has 3 aromatic heterocycles. The number of Topliss-reactive ketones (excluding diaryl/α,β-unsaturated/α-hetero) is 1. The molecule has 1 aliphatic rings. The number of ketones is 1. The van der Waals surface area contributed by atoms with Crippen LogP contribution >= 0.6 is 0 Å². The second kappa shape index (κ2) is 7.56. The molecule has 3 heterocycles. The topological polar surface area (TPSA) is 89.1 Å². The molecule has 6 nitrogen and oxygen atoms in total. The van der Waals surface area contributed by atoms with Crippen molar-refractivity contribution < 1.29 is 14.3 Å². The van der Waals surface area contributed by atoms with Gasteiger partial charge in [0, 0.05) is 48.7 Å². The molecule has 0 saturated heterocycles. The van der Waals surface area contributed by atoms with Crippen LogP contribution in [0.15, 0.2) is 35.1 Å². The number of aliphatic hydroxyl groups is 1. The van der Waals surface area contributed by atoms with Crippen LogP contribution in [0.3, 0.4) is 0 Å². The Bertz CT molecular complexity index is 958. The summed E-state index contributed by atoms with van der Waals surface area (Å²) in [5.74, 6) is 1.98. The Morgan fingerprint density at radius 3 is 2.63 bits per heavy atom. The molecule has 0 aromatic carbocycles. The minimum absolute atomic E-state index is 0.0897. The lowest BCUT2D eigenvalue weighted by Gasteiger charge is -2.26. The van der Waals surface area contributed by atoms with E-state index in [1.807, 2.05) is 12.1 Å². The first-order chi connectivity index (χ1) is 13.1. The van der Waals surface area contributed by atoms with E-state index in [4.69, 9.17) is 4.42 Å². The predicted molar refractivity (Wildman–Crippen MR) is 101 cm³/mol. The quantitative estimate of drug-likeness (QED) is 0.744. The van der Waals surface area contributed by atoms with Gasteiger partial charge in [-0.15, -0.1) is 0 Å². The van der Waals surface area contributed by atoms with E-state index in [1.54, 1.807) is 25.5 Å². The zero-order valence-electron chi connectivity index (χ0n) is 15.4. The van der Waals surface area contributed by atoms with Gasteiger partial charge in [0.1, 0.15) is 5.78 Å². The molecule has 27 heavy (non-hydrogen) atoms. The molecule has 4 rings (SSSR count). The first-order valence-corrected chi connectivity index (χ1v) is 9.43. The average Bonchev–Trinajstić information content (AvgIpc) is 3.14. The van der Waals surface area contributed by atoms with E-state index < -0.39 is 0 Å². The van der Waals surface area contributed by atoms with Gasteiger partial charge in [0.15, 0.2) is 11.7 Å². The van der Waals surface area contributed by atoms with E-state index in [-0.39, 0.29) is 18.3 Å². The Morgan fingerprint density at radius 2 is 1.93 bits per heavy atom. The highest BCUT2D eigenvalue weighted by Gasteiger charge is 2.26. The summed E-state index contributed by atoms with van der Waals surface area (Å²) in [6, 6.07) is 3.93. The van der Waals surface area contributed by atoms with Gasteiger partial charge in [-0.3, -0.25) is 14.8 Å². The largest absolute Gasteiger partial charge is 0.441 e. The summed E-state index contributed by atoms with van der Waals surface area (Å²) in [7, 11) is 0. The molecule has 0 bridgehead atoms. The van der Waals surface area contributed by atoms with Crippen LogP contribution in [-0.2, 0) is 11.2 Å². The molecular formula is C21H23N3O3. The maximum Gasteiger partial charge on any atom is 0.191 e. The number of aliphatic hydroxyl groups excluding tert-OH is 1. The monoisotopic (exact) mass is 365 g/mol. The van der Waals surface area contributed by atoms with Crippen molar-refractivity contribution in [3.05, 3.63) is 42.3 Å². The summed E-state index contributed by atoms with van der Waals surface area (Å²) in [6.45, 7) is 2.03. The third-order valence-corrected chi connectivity index (χ3v) is 5.45. The lowest BCUT2D eigenvalue weighted by atomic mass is 9.79. The zero-order valence-corrected chi connectivity index (χ0v) is 15.4. The van der Waals surface area contributed by atoms with E-state index in [0.29, 0.717) is 24.0 Å². The third-order valence-electron chi connectivity index (χ3n) is 5.45. The average molecular weight is 365 g/mol. The Morgan fingerprint density at radius 1 is 1.11 bits per heavy atom. The highest BCUT2D eigenvalue weighted by molar-refractivity contribution is 5.86. The Balaban J connectivity index is 1.51. The highest BCUT2D eigenvalue weighted by atomic mass is 16.4. The molecule has 140 valence electrons. The van der Waals surface area contributed by atoms with Crippen molar-refractivity contribution in [2.45, 2.75) is 39.0 Å². The van der Waals surface area contributed by atoms with E-state index >= 15 is 0 Å². The molecule has 0 atom stereocenters. The normalized spacial score (nSPS) is 20.1. The molecule has 0 spiro atoms. The Kier molecular flexibility index (Phi) is 4.99. The summed E-state index contributed by atoms with van der Waals surface area (Å²) >= 11 is 0. The van der Waals surface area contributed by atoms with Crippen LogP contribution in [0.25, 0.3) is 22.2 Å². The maximum atomic E-state index is 12.6. The number of pyridine rings is 2. The van der Waals surface area contributed by atoms with Crippen molar-refractivity contribution in [1.29, 1.82) is 0 Å². The molecule has 0 aliphatic heterocycles. The SMILES string of the molecule is Cc1ncc(-c2cnc3cnc(CC(=O)C4CCC(CO)CC4)cc3c2)o1. The second-order valence-electron chi connectivity index (χ2n) is 7.38. The van der Waals surface area contributed by atoms with Gasteiger partial charge in [-0.25, -0.2) is 4.98 Å². The van der Waals surface area contributed by atoms with Crippen LogP contribution in [0.5, 0.6) is 0 Å². The van der Waals surface area contributed by atoms with Gasteiger partial charge in [0.05, 0.1) is 17.9 Å². The predicted octanol–water partition coefficient (Wildman–Crippen LogP) is 3.50. The lowest BCUT2D eigenvalue weighted by molar-refractivity contribution is -0.123. The number of aryl methyl sites for hydroxylation is 1. The van der Waals surface area contributed by atoms with Gasteiger partial charge in [-0.05, 0) is 43.7 Å². The van der Waals surface area contributed by atoms with Crippen molar-refractivity contribution >= 4 is 16.7 Å². The number of hydrogen-bond donors (Lipinski definition) is 1. The molecule has 6 heteroatoms. The van der Waals surface area contributed by atoms with Crippen LogP contribution in [0.1, 0.15) is 37.3 Å². The number of oxazole rings is 1. The number of aromatic nitrogens is 3. The van der Waals surface area contributed by atoms with Crippen molar-refractivity contribution in [3.63, 3.8) is 0 Å². The van der Waals surface area contributed by atoms with Gasteiger partial charge in [0.25, 0.3) is 0 Å². The van der Waals surface area contributed by atoms with Gasteiger partial charge < -0.3 is 9.52 Å². The van der Waals surface area contributed by atoms with E-state index in [0.717, 1.165) is 47.8 Å². The number of carbonyl (C=O) groups excluding carboxylic acids is 1. The summed E-state index contributed by atoms with van der Waals surface area (Å²) in [6.07, 6.45) is 9.10. The fourth-order valence-electron chi connectivity index (χ4n) is 3.79. The first-order valence-electron chi connectivity index (χ1n) is 9.43. The van der Waals surface area contributed by atoms with E-state index in [1.165, 1.54) is 0 Å². The zero-order chi connectivity index (χ0) is 18.8. The molecule has 0 unspecified atom stereocenters. The molecular weight excluding hydrogens is 342 g/mol. The Hall–Kier alpha value is -2.60. The van der Waals surface area contributed by atoms with Gasteiger partial charge in [-0.1, -0.05) is 0 Å². The molecule has 0 radical (unpaired) electrons. The van der Waals surface area contributed by atoms with Crippen LogP contribution in [0, 0.1) is 18.8 Å². The summed E-state index contributed by atoms with van der Waals surface area (Å²) in [5, 5.41) is 10.2. The molecule has 1 fully saturated rings. The maximum absolute atomic E-state index is 12.6. The van der Waals surface area contributed by atoms with Crippen LogP contribution in [0.4, 0.5) is 0 Å². The number of hydrogen-bond acceptors (Lipinski definition) is 6. The van der Waals surface area contributed by atoms with E-state index in [9.17, 15) is 9.90 Å². The lowest BCUT2D eigenvalue weighted by Crippen LogP contribution is -2.24. The first kappa shape index (κ1) is 17.8. The van der Waals surface area contributed by atoms with Crippen molar-refractivity contribution in [2.75, 3.05) is 6.61 Å². The number of rotatable bonds is 5. The molecule has 3 aromatic rings. The summed E-state index contributed by atoms with van der Waals surface area (Å²) < 4.78 is 5.57. The van der Waals surface area contributed by atoms with Gasteiger partial charge in [-0.2, -0.15) is 0 Å². The standard InChI is InChI=1S/C21H23N3O3/c1-13-22-11-21(27-13)17-6-16-7-18(23-10-19(16)24-9-17)8-20(26)15-4-2-14(12-25)3-5-15/h6-7,9-11,14-15,25H,2-5,8,12H2,1H3.